The maximum Gasteiger partial charge on any atom is 0.407 e. The number of ether oxygens (including phenoxy) is 2. The Morgan fingerprint density at radius 3 is 2.03 bits per heavy atom. The van der Waals surface area contributed by atoms with Crippen LogP contribution in [0.3, 0.4) is 0 Å². The summed E-state index contributed by atoms with van der Waals surface area (Å²) in [5, 5.41) is 10.1. The highest BCUT2D eigenvalue weighted by Crippen LogP contribution is 2.58. The molecule has 4 amide bonds. The molecule has 5 aromatic rings. The molecular weight excluding hydrogens is 771 g/mol. The van der Waals surface area contributed by atoms with Crippen molar-refractivity contribution in [1.29, 1.82) is 0 Å². The van der Waals surface area contributed by atoms with Crippen molar-refractivity contribution in [2.75, 3.05) is 20.6 Å². The lowest BCUT2D eigenvalue weighted by Gasteiger charge is -2.54. The van der Waals surface area contributed by atoms with E-state index in [2.05, 4.69) is 25.9 Å². The number of nitrogens with one attached hydrogen (secondary N) is 4. The Kier molecular flexibility index (Phi) is 12.4. The van der Waals surface area contributed by atoms with Crippen molar-refractivity contribution in [3.8, 4) is 0 Å². The van der Waals surface area contributed by atoms with E-state index in [1.54, 1.807) is 6.21 Å². The third-order valence-corrected chi connectivity index (χ3v) is 12.1. The van der Waals surface area contributed by atoms with Crippen LogP contribution in [0.2, 0.25) is 0 Å². The van der Waals surface area contributed by atoms with Gasteiger partial charge in [0.25, 0.3) is 5.91 Å². The molecule has 3 aliphatic rings. The predicted octanol–water partition coefficient (Wildman–Crippen LogP) is 7.09. The highest BCUT2D eigenvalue weighted by atomic mass is 16.6. The van der Waals surface area contributed by atoms with Crippen LogP contribution in [0.1, 0.15) is 59.5 Å². The van der Waals surface area contributed by atoms with E-state index in [0.29, 0.717) is 37.8 Å². The fraction of sp³-hybridized carbons (Fsp3) is 0.333. The first kappa shape index (κ1) is 41.1. The molecule has 0 spiro atoms. The topological polar surface area (TPSA) is 167 Å². The summed E-state index contributed by atoms with van der Waals surface area (Å²) in [5.41, 5.74) is 5.40. The number of rotatable bonds is 15. The van der Waals surface area contributed by atoms with Crippen LogP contribution in [0.5, 0.6) is 0 Å². The zero-order chi connectivity index (χ0) is 42.3. The maximum atomic E-state index is 13.9. The van der Waals surface area contributed by atoms with Gasteiger partial charge in [0, 0.05) is 48.2 Å². The summed E-state index contributed by atoms with van der Waals surface area (Å²) < 4.78 is 11.1. The van der Waals surface area contributed by atoms with E-state index in [-0.39, 0.29) is 49.5 Å². The highest BCUT2D eigenvalue weighted by Gasteiger charge is 2.57. The third-order valence-electron chi connectivity index (χ3n) is 12.1. The lowest BCUT2D eigenvalue weighted by molar-refractivity contribution is -0.127. The van der Waals surface area contributed by atoms with Crippen molar-refractivity contribution >= 4 is 53.0 Å². The van der Waals surface area contributed by atoms with Gasteiger partial charge in [-0.25, -0.2) is 14.6 Å². The minimum Gasteiger partial charge on any atom is -0.445 e. The zero-order valence-corrected chi connectivity index (χ0v) is 34.4. The van der Waals surface area contributed by atoms with Crippen LogP contribution < -0.4 is 16.0 Å². The number of fused-ring (bicyclic) bond motifs is 2. The lowest BCUT2D eigenvalue weighted by Crippen LogP contribution is -2.59. The first-order valence-corrected chi connectivity index (χ1v) is 20.8. The second-order valence-electron chi connectivity index (χ2n) is 16.6. The molecule has 2 saturated carbocycles. The number of amides is 4. The Bertz CT molecular complexity index is 2350. The van der Waals surface area contributed by atoms with Gasteiger partial charge in [-0.1, -0.05) is 78.9 Å². The van der Waals surface area contributed by atoms with Crippen LogP contribution in [-0.2, 0) is 44.1 Å². The highest BCUT2D eigenvalue weighted by molar-refractivity contribution is 5.95. The van der Waals surface area contributed by atoms with Crippen molar-refractivity contribution < 1.29 is 28.7 Å². The van der Waals surface area contributed by atoms with E-state index in [4.69, 9.17) is 14.5 Å². The number of aromatic amines is 1. The van der Waals surface area contributed by atoms with E-state index >= 15 is 0 Å². The number of alkyl carbamates (subject to hydrolysis) is 2. The summed E-state index contributed by atoms with van der Waals surface area (Å²) in [7, 11) is 3.78. The van der Waals surface area contributed by atoms with Gasteiger partial charge in [0.05, 0.1) is 12.1 Å². The van der Waals surface area contributed by atoms with Crippen LogP contribution in [0.25, 0.3) is 10.9 Å². The summed E-state index contributed by atoms with van der Waals surface area (Å²) in [6.07, 6.45) is 7.33. The summed E-state index contributed by atoms with van der Waals surface area (Å²) in [6.45, 7) is 0.812. The zero-order valence-electron chi connectivity index (χ0n) is 34.4. The van der Waals surface area contributed by atoms with Gasteiger partial charge in [-0.15, -0.1) is 0 Å². The number of carbonyl (C=O) groups is 4. The standard InChI is InChI=1S/C48H51N7O6/c1-55(2)20-19-50-45(57)44(54-43(56)22-33-13-15-41-34(21-33)17-18-49-41)35-14-16-42-40(23-35)48(30-51-42,36-24-38(25-36)52-46(58)60-28-31-9-5-3-6-10-31)37-26-39(27-37)53-47(59)61-29-32-11-7-4-8-12-32/h3-19,21,23,30,36-39,44,49H,20,22,24-29H2,1-2H3,(H,52,58)(H,53,59)(H,54,56). The number of nitrogens with zero attached hydrogens (tertiary/aromatic N) is 3. The number of carbonyl (C=O) groups excluding carboxylic acids is 4. The minimum absolute atomic E-state index is 0.0821. The van der Waals surface area contributed by atoms with Crippen molar-refractivity contribution in [3.63, 3.8) is 0 Å². The molecule has 13 heteroatoms. The van der Waals surface area contributed by atoms with Gasteiger partial charge in [0.15, 0.2) is 0 Å². The van der Waals surface area contributed by atoms with Gasteiger partial charge in [-0.05, 0) is 109 Å². The third kappa shape index (κ3) is 9.57. The fourth-order valence-electron chi connectivity index (χ4n) is 8.80. The molecule has 4 N–H and O–H groups in total. The largest absolute Gasteiger partial charge is 0.445 e. The molecule has 61 heavy (non-hydrogen) atoms. The second kappa shape index (κ2) is 18.3. The molecule has 4 aromatic carbocycles. The Morgan fingerprint density at radius 2 is 1.43 bits per heavy atom. The lowest BCUT2D eigenvalue weighted by atomic mass is 9.51. The van der Waals surface area contributed by atoms with Gasteiger partial charge in [-0.2, -0.15) is 0 Å². The van der Waals surface area contributed by atoms with Gasteiger partial charge in [0.2, 0.25) is 5.91 Å². The number of hydrogen-bond donors (Lipinski definition) is 4. The van der Waals surface area contributed by atoms with E-state index < -0.39 is 29.6 Å². The summed E-state index contributed by atoms with van der Waals surface area (Å²) in [4.78, 5) is 67.7. The molecule has 0 radical (unpaired) electrons. The Labute approximate surface area is 355 Å². The SMILES string of the molecule is CN(C)CC=NC(=O)C(NC(=O)Cc1ccc2[nH]ccc2c1)c1ccc2c(c1)C(C1CC(NC(=O)OCc3ccccc3)C1)(C1CC(NC(=O)OCc3ccccc3)C1)C=N2. The van der Waals surface area contributed by atoms with Crippen molar-refractivity contribution in [2.24, 2.45) is 21.8 Å². The van der Waals surface area contributed by atoms with Gasteiger partial charge in [-0.3, -0.25) is 14.6 Å². The van der Waals surface area contributed by atoms with Crippen molar-refractivity contribution in [2.45, 2.75) is 68.9 Å². The predicted molar refractivity (Wildman–Crippen MR) is 234 cm³/mol. The normalized spacial score (nSPS) is 21.9. The summed E-state index contributed by atoms with van der Waals surface area (Å²) >= 11 is 0. The molecule has 2 aliphatic carbocycles. The average molecular weight is 822 g/mol. The molecule has 314 valence electrons. The van der Waals surface area contributed by atoms with Crippen LogP contribution in [0.4, 0.5) is 15.3 Å². The molecule has 1 aliphatic heterocycles. The van der Waals surface area contributed by atoms with E-state index in [9.17, 15) is 19.2 Å². The Morgan fingerprint density at radius 1 is 0.803 bits per heavy atom. The summed E-state index contributed by atoms with van der Waals surface area (Å²) in [5.74, 6) is -0.607. The minimum atomic E-state index is -1.05. The first-order valence-electron chi connectivity index (χ1n) is 20.8. The Balaban J connectivity index is 1.02. The Hall–Kier alpha value is -6.60. The smallest absolute Gasteiger partial charge is 0.407 e. The molecule has 1 aromatic heterocycles. The van der Waals surface area contributed by atoms with Crippen LogP contribution in [0.15, 0.2) is 119 Å². The number of aliphatic imine (C=N–C) groups is 2. The average Bonchev–Trinajstić information content (AvgIpc) is 3.86. The van der Waals surface area contributed by atoms with E-state index in [0.717, 1.165) is 38.8 Å². The van der Waals surface area contributed by atoms with Crippen LogP contribution in [-0.4, -0.2) is 79.0 Å². The number of hydrogen-bond acceptors (Lipinski definition) is 8. The van der Waals surface area contributed by atoms with Gasteiger partial charge in [0.1, 0.15) is 19.3 Å². The molecule has 0 bridgehead atoms. The van der Waals surface area contributed by atoms with Gasteiger partial charge < -0.3 is 35.3 Å². The fourth-order valence-corrected chi connectivity index (χ4v) is 8.80. The number of benzene rings is 4. The quantitative estimate of drug-likeness (QED) is 0.0819. The van der Waals surface area contributed by atoms with Crippen molar-refractivity contribution in [3.05, 3.63) is 137 Å². The number of H-pyrrole nitrogens is 1. The van der Waals surface area contributed by atoms with Crippen molar-refractivity contribution in [1.82, 2.24) is 25.8 Å². The van der Waals surface area contributed by atoms with E-state index in [1.807, 2.05) is 135 Å². The monoisotopic (exact) mass is 821 g/mol. The first-order chi connectivity index (χ1) is 29.6. The molecule has 8 rings (SSSR count). The van der Waals surface area contributed by atoms with Crippen LogP contribution in [0, 0.1) is 11.8 Å². The summed E-state index contributed by atoms with van der Waals surface area (Å²) in [6, 6.07) is 31.4. The molecule has 13 nitrogen and oxygen atoms in total. The maximum absolute atomic E-state index is 13.9. The molecule has 2 heterocycles. The molecule has 1 unspecified atom stereocenters. The molecule has 1 atom stereocenters. The second-order valence-corrected chi connectivity index (χ2v) is 16.6. The molecule has 0 saturated heterocycles. The van der Waals surface area contributed by atoms with Crippen LogP contribution >= 0.6 is 0 Å². The number of aromatic nitrogens is 1. The molecule has 2 fully saturated rings. The molecular formula is C48H51N7O6. The van der Waals surface area contributed by atoms with Gasteiger partial charge >= 0.3 is 12.2 Å². The van der Waals surface area contributed by atoms with E-state index in [1.165, 1.54) is 0 Å².